The van der Waals surface area contributed by atoms with Gasteiger partial charge >= 0.3 is 12.1 Å². The Balaban J connectivity index is 2.52. The fourth-order valence-electron chi connectivity index (χ4n) is 1.59. The van der Waals surface area contributed by atoms with Gasteiger partial charge in [0, 0.05) is 4.47 Å². The maximum absolute atomic E-state index is 12.7. The highest BCUT2D eigenvalue weighted by molar-refractivity contribution is 9.10. The molecule has 0 saturated carbocycles. The Hall–Kier alpha value is -1.90. The number of aromatic nitrogens is 3. The zero-order valence-electron chi connectivity index (χ0n) is 9.73. The van der Waals surface area contributed by atoms with Crippen molar-refractivity contribution in [3.63, 3.8) is 0 Å². The van der Waals surface area contributed by atoms with Crippen LogP contribution in [0.15, 0.2) is 28.9 Å². The Morgan fingerprint density at radius 2 is 2.10 bits per heavy atom. The van der Waals surface area contributed by atoms with Crippen molar-refractivity contribution < 1.29 is 23.1 Å². The van der Waals surface area contributed by atoms with Crippen LogP contribution in [0.25, 0.3) is 5.69 Å². The molecule has 5 nitrogen and oxygen atoms in total. The number of hydrogen-bond acceptors (Lipinski definition) is 3. The van der Waals surface area contributed by atoms with Crippen LogP contribution in [-0.4, -0.2) is 26.1 Å². The Morgan fingerprint density at radius 3 is 2.70 bits per heavy atom. The van der Waals surface area contributed by atoms with E-state index in [-0.39, 0.29) is 11.4 Å². The first-order valence-corrected chi connectivity index (χ1v) is 6.07. The molecule has 0 radical (unpaired) electrons. The summed E-state index contributed by atoms with van der Waals surface area (Å²) in [6.45, 7) is 0. The number of carbonyl (C=O) groups is 1. The summed E-state index contributed by atoms with van der Waals surface area (Å²) in [7, 11) is 0. The van der Waals surface area contributed by atoms with Crippen molar-refractivity contribution >= 4 is 21.9 Å². The maximum atomic E-state index is 12.7. The van der Waals surface area contributed by atoms with E-state index >= 15 is 0 Å². The first-order valence-electron chi connectivity index (χ1n) is 5.27. The van der Waals surface area contributed by atoms with Crippen molar-refractivity contribution in [2.75, 3.05) is 0 Å². The van der Waals surface area contributed by atoms with Gasteiger partial charge in [-0.05, 0) is 34.1 Å². The predicted molar refractivity (Wildman–Crippen MR) is 65.4 cm³/mol. The molecule has 0 unspecified atom stereocenters. The molecule has 9 heteroatoms. The number of benzene rings is 1. The molecule has 2 rings (SSSR count). The lowest BCUT2D eigenvalue weighted by atomic mass is 10.2. The summed E-state index contributed by atoms with van der Waals surface area (Å²) < 4.78 is 39.5. The largest absolute Gasteiger partial charge is 0.481 e. The quantitative estimate of drug-likeness (QED) is 0.924. The molecule has 0 amide bonds. The first-order chi connectivity index (χ1) is 9.29. The molecule has 106 valence electrons. The van der Waals surface area contributed by atoms with E-state index in [9.17, 15) is 18.0 Å². The smallest absolute Gasteiger partial charge is 0.416 e. The van der Waals surface area contributed by atoms with Crippen LogP contribution in [0.4, 0.5) is 13.2 Å². The van der Waals surface area contributed by atoms with Crippen molar-refractivity contribution in [1.29, 1.82) is 0 Å². The fourth-order valence-corrected chi connectivity index (χ4v) is 2.00. The van der Waals surface area contributed by atoms with E-state index < -0.39 is 24.1 Å². The highest BCUT2D eigenvalue weighted by atomic mass is 79.9. The maximum Gasteiger partial charge on any atom is 0.416 e. The number of hydrogen-bond donors (Lipinski definition) is 1. The van der Waals surface area contributed by atoms with Crippen LogP contribution in [0, 0.1) is 0 Å². The zero-order chi connectivity index (χ0) is 14.9. The molecule has 0 saturated heterocycles. The van der Waals surface area contributed by atoms with Gasteiger partial charge in [0.05, 0.1) is 29.6 Å². The van der Waals surface area contributed by atoms with Crippen LogP contribution in [0.5, 0.6) is 0 Å². The molecule has 0 atom stereocenters. The van der Waals surface area contributed by atoms with E-state index in [1.165, 1.54) is 12.3 Å². The van der Waals surface area contributed by atoms with Crippen LogP contribution in [0.3, 0.4) is 0 Å². The van der Waals surface area contributed by atoms with E-state index in [4.69, 9.17) is 5.11 Å². The first kappa shape index (κ1) is 14.5. The van der Waals surface area contributed by atoms with Crippen LogP contribution in [0.1, 0.15) is 11.3 Å². The zero-order valence-corrected chi connectivity index (χ0v) is 11.3. The summed E-state index contributed by atoms with van der Waals surface area (Å²) in [5, 5.41) is 15.9. The average molecular weight is 350 g/mol. The Bertz CT molecular complexity index is 655. The minimum Gasteiger partial charge on any atom is -0.481 e. The number of halogens is 4. The molecule has 0 aliphatic carbocycles. The molecule has 0 spiro atoms. The van der Waals surface area contributed by atoms with Gasteiger partial charge in [0.1, 0.15) is 0 Å². The SMILES string of the molecule is O=C(O)Cc1cnnn1-c1cc(C(F)(F)F)ccc1Br. The lowest BCUT2D eigenvalue weighted by Crippen LogP contribution is -2.11. The normalized spacial score (nSPS) is 11.6. The summed E-state index contributed by atoms with van der Waals surface area (Å²) >= 11 is 3.12. The van der Waals surface area contributed by atoms with E-state index in [1.54, 1.807) is 0 Å². The van der Waals surface area contributed by atoms with Crippen molar-refractivity contribution in [3.8, 4) is 5.69 Å². The highest BCUT2D eigenvalue weighted by Gasteiger charge is 2.31. The number of alkyl halides is 3. The average Bonchev–Trinajstić information content (AvgIpc) is 2.75. The summed E-state index contributed by atoms with van der Waals surface area (Å²) in [6, 6.07) is 3.02. The molecular weight excluding hydrogens is 343 g/mol. The van der Waals surface area contributed by atoms with E-state index in [1.807, 2.05) is 0 Å². The Kier molecular flexibility index (Phi) is 3.80. The van der Waals surface area contributed by atoms with Crippen LogP contribution < -0.4 is 0 Å². The van der Waals surface area contributed by atoms with Crippen molar-refractivity contribution in [1.82, 2.24) is 15.0 Å². The van der Waals surface area contributed by atoms with Gasteiger partial charge in [-0.1, -0.05) is 5.21 Å². The van der Waals surface area contributed by atoms with Crippen LogP contribution in [0.2, 0.25) is 0 Å². The molecule has 0 aliphatic heterocycles. The third-order valence-electron chi connectivity index (χ3n) is 2.45. The second-order valence-corrected chi connectivity index (χ2v) is 4.73. The topological polar surface area (TPSA) is 68.0 Å². The van der Waals surface area contributed by atoms with Gasteiger partial charge in [0.25, 0.3) is 0 Å². The number of carboxylic acid groups (broad SMARTS) is 1. The summed E-state index contributed by atoms with van der Waals surface area (Å²) in [5.41, 5.74) is -0.599. The molecule has 0 fully saturated rings. The predicted octanol–water partition coefficient (Wildman–Crippen LogP) is 2.68. The van der Waals surface area contributed by atoms with Crippen LogP contribution >= 0.6 is 15.9 Å². The van der Waals surface area contributed by atoms with Gasteiger partial charge in [-0.25, -0.2) is 4.68 Å². The molecule has 20 heavy (non-hydrogen) atoms. The van der Waals surface area contributed by atoms with Crippen molar-refractivity contribution in [2.45, 2.75) is 12.6 Å². The van der Waals surface area contributed by atoms with Gasteiger partial charge in [-0.15, -0.1) is 5.10 Å². The van der Waals surface area contributed by atoms with Crippen molar-refractivity contribution in [2.24, 2.45) is 0 Å². The van der Waals surface area contributed by atoms with Gasteiger partial charge in [0.15, 0.2) is 0 Å². The molecule has 0 aliphatic rings. The minimum atomic E-state index is -4.50. The summed E-state index contributed by atoms with van der Waals surface area (Å²) in [5.74, 6) is -1.13. The summed E-state index contributed by atoms with van der Waals surface area (Å²) in [4.78, 5) is 10.7. The molecular formula is C11H7BrF3N3O2. The minimum absolute atomic E-state index is 0.0774. The molecule has 1 aromatic carbocycles. The lowest BCUT2D eigenvalue weighted by molar-refractivity contribution is -0.138. The molecule has 1 heterocycles. The monoisotopic (exact) mass is 349 g/mol. The molecule has 1 aromatic heterocycles. The highest BCUT2D eigenvalue weighted by Crippen LogP contribution is 2.33. The number of nitrogens with zero attached hydrogens (tertiary/aromatic N) is 3. The van der Waals surface area contributed by atoms with Crippen LogP contribution in [-0.2, 0) is 17.4 Å². The van der Waals surface area contributed by atoms with Crippen molar-refractivity contribution in [3.05, 3.63) is 40.1 Å². The lowest BCUT2D eigenvalue weighted by Gasteiger charge is -2.11. The summed E-state index contributed by atoms with van der Waals surface area (Å²) in [6.07, 6.45) is -3.69. The fraction of sp³-hybridized carbons (Fsp3) is 0.182. The van der Waals surface area contributed by atoms with Gasteiger partial charge in [-0.2, -0.15) is 13.2 Å². The number of carboxylic acids is 1. The standard InChI is InChI=1S/C11H7BrF3N3O2/c12-8-2-1-6(11(13,14)15)3-9(8)18-7(4-10(19)20)5-16-17-18/h1-3,5H,4H2,(H,19,20). The third kappa shape index (κ3) is 2.98. The Morgan fingerprint density at radius 1 is 1.40 bits per heavy atom. The van der Waals surface area contributed by atoms with E-state index in [0.717, 1.165) is 16.8 Å². The van der Waals surface area contributed by atoms with E-state index in [2.05, 4.69) is 26.2 Å². The Labute approximate surface area is 119 Å². The third-order valence-corrected chi connectivity index (χ3v) is 3.12. The molecule has 1 N–H and O–H groups in total. The molecule has 0 bridgehead atoms. The second kappa shape index (κ2) is 5.23. The van der Waals surface area contributed by atoms with Gasteiger partial charge < -0.3 is 5.11 Å². The van der Waals surface area contributed by atoms with Gasteiger partial charge in [-0.3, -0.25) is 4.79 Å². The number of aliphatic carboxylic acids is 1. The second-order valence-electron chi connectivity index (χ2n) is 3.87. The molecule has 2 aromatic rings. The van der Waals surface area contributed by atoms with Gasteiger partial charge in [0.2, 0.25) is 0 Å². The van der Waals surface area contributed by atoms with E-state index in [0.29, 0.717) is 4.47 Å². The number of rotatable bonds is 3.